The Balaban J connectivity index is 1.79. The fourth-order valence-electron chi connectivity index (χ4n) is 4.17. The summed E-state index contributed by atoms with van der Waals surface area (Å²) in [6.07, 6.45) is 4.67. The normalized spacial score (nSPS) is 25.2. The van der Waals surface area contributed by atoms with Crippen molar-refractivity contribution in [1.29, 1.82) is 0 Å². The molecule has 0 saturated heterocycles. The minimum atomic E-state index is 0.0373. The molecule has 4 atom stereocenters. The van der Waals surface area contributed by atoms with Crippen LogP contribution < -0.4 is 5.73 Å². The van der Waals surface area contributed by atoms with Crippen molar-refractivity contribution in [3.8, 4) is 0 Å². The topological polar surface area (TPSA) is 26.0 Å². The third kappa shape index (κ3) is 3.23. The second-order valence-electron chi connectivity index (χ2n) is 7.27. The molecule has 3 aromatic carbocycles. The standard InChI is InChI=1S/C25H25N/c1-18-12-14-21(15-13-18)24-22(19-8-4-2-5-9-19)16-17-23(25(24)26)20-10-6-3-7-11-20/h2-17,22-25H,26H2,1H3/t22-,23+,24+,25+/m1/s1. The summed E-state index contributed by atoms with van der Waals surface area (Å²) in [5.41, 5.74) is 12.1. The molecule has 3 aromatic rings. The molecule has 0 bridgehead atoms. The Morgan fingerprint density at radius 2 is 1.08 bits per heavy atom. The summed E-state index contributed by atoms with van der Waals surface area (Å²) >= 11 is 0. The van der Waals surface area contributed by atoms with Crippen LogP contribution >= 0.6 is 0 Å². The van der Waals surface area contributed by atoms with Gasteiger partial charge in [-0.1, -0.05) is 103 Å². The van der Waals surface area contributed by atoms with Crippen LogP contribution in [0.25, 0.3) is 0 Å². The van der Waals surface area contributed by atoms with Gasteiger partial charge in [-0.05, 0) is 23.6 Å². The van der Waals surface area contributed by atoms with Gasteiger partial charge in [0.1, 0.15) is 0 Å². The lowest BCUT2D eigenvalue weighted by atomic mass is 9.68. The predicted molar refractivity (Wildman–Crippen MR) is 109 cm³/mol. The van der Waals surface area contributed by atoms with Crippen LogP contribution in [-0.4, -0.2) is 6.04 Å². The van der Waals surface area contributed by atoms with Crippen LogP contribution in [0.2, 0.25) is 0 Å². The van der Waals surface area contributed by atoms with E-state index in [1.807, 2.05) is 0 Å². The van der Waals surface area contributed by atoms with Crippen molar-refractivity contribution < 1.29 is 0 Å². The Kier molecular flexibility index (Phi) is 4.73. The fraction of sp³-hybridized carbons (Fsp3) is 0.200. The first-order chi connectivity index (χ1) is 12.7. The van der Waals surface area contributed by atoms with E-state index < -0.39 is 0 Å². The Labute approximate surface area is 156 Å². The summed E-state index contributed by atoms with van der Waals surface area (Å²) in [4.78, 5) is 0. The summed E-state index contributed by atoms with van der Waals surface area (Å²) < 4.78 is 0. The molecule has 130 valence electrons. The molecule has 1 aliphatic carbocycles. The molecular weight excluding hydrogens is 314 g/mol. The summed E-state index contributed by atoms with van der Waals surface area (Å²) in [5, 5.41) is 0. The first kappa shape index (κ1) is 16.8. The average Bonchev–Trinajstić information content (AvgIpc) is 2.70. The zero-order valence-electron chi connectivity index (χ0n) is 15.1. The molecule has 26 heavy (non-hydrogen) atoms. The molecule has 0 radical (unpaired) electrons. The molecule has 0 fully saturated rings. The number of rotatable bonds is 3. The first-order valence-corrected chi connectivity index (χ1v) is 9.34. The van der Waals surface area contributed by atoms with Gasteiger partial charge in [-0.3, -0.25) is 0 Å². The third-order valence-corrected chi connectivity index (χ3v) is 5.57. The van der Waals surface area contributed by atoms with Crippen molar-refractivity contribution in [2.45, 2.75) is 30.7 Å². The van der Waals surface area contributed by atoms with Gasteiger partial charge in [0.15, 0.2) is 0 Å². The van der Waals surface area contributed by atoms with Crippen molar-refractivity contribution >= 4 is 0 Å². The number of hydrogen-bond donors (Lipinski definition) is 1. The Morgan fingerprint density at radius 1 is 0.577 bits per heavy atom. The van der Waals surface area contributed by atoms with Gasteiger partial charge in [0.2, 0.25) is 0 Å². The van der Waals surface area contributed by atoms with Gasteiger partial charge in [-0.15, -0.1) is 0 Å². The largest absolute Gasteiger partial charge is 0.326 e. The maximum Gasteiger partial charge on any atom is 0.0221 e. The highest BCUT2D eigenvalue weighted by Crippen LogP contribution is 2.44. The Hall–Kier alpha value is -2.64. The fourth-order valence-corrected chi connectivity index (χ4v) is 4.17. The van der Waals surface area contributed by atoms with Crippen molar-refractivity contribution in [2.75, 3.05) is 0 Å². The van der Waals surface area contributed by atoms with Gasteiger partial charge in [0, 0.05) is 23.8 Å². The molecule has 0 aliphatic heterocycles. The highest BCUT2D eigenvalue weighted by molar-refractivity contribution is 5.41. The van der Waals surface area contributed by atoms with E-state index in [4.69, 9.17) is 5.73 Å². The zero-order chi connectivity index (χ0) is 17.9. The van der Waals surface area contributed by atoms with Gasteiger partial charge >= 0.3 is 0 Å². The van der Waals surface area contributed by atoms with Crippen LogP contribution in [-0.2, 0) is 0 Å². The van der Waals surface area contributed by atoms with E-state index in [9.17, 15) is 0 Å². The van der Waals surface area contributed by atoms with E-state index in [-0.39, 0.29) is 17.9 Å². The quantitative estimate of drug-likeness (QED) is 0.623. The molecule has 1 aliphatic rings. The molecule has 0 heterocycles. The number of benzene rings is 3. The smallest absolute Gasteiger partial charge is 0.0221 e. The van der Waals surface area contributed by atoms with Crippen LogP contribution in [0.3, 0.4) is 0 Å². The van der Waals surface area contributed by atoms with Crippen LogP contribution in [0.4, 0.5) is 0 Å². The second-order valence-corrected chi connectivity index (χ2v) is 7.27. The minimum Gasteiger partial charge on any atom is -0.326 e. The molecule has 0 amide bonds. The average molecular weight is 339 g/mol. The van der Waals surface area contributed by atoms with Gasteiger partial charge in [-0.25, -0.2) is 0 Å². The predicted octanol–water partition coefficient (Wildman–Crippen LogP) is 5.54. The summed E-state index contributed by atoms with van der Waals surface area (Å²) in [5.74, 6) is 0.796. The molecular formula is C25H25N. The Bertz CT molecular complexity index is 865. The monoisotopic (exact) mass is 339 g/mol. The van der Waals surface area contributed by atoms with Gasteiger partial charge < -0.3 is 5.73 Å². The van der Waals surface area contributed by atoms with Crippen LogP contribution in [0.1, 0.15) is 40.0 Å². The maximum atomic E-state index is 6.90. The van der Waals surface area contributed by atoms with Crippen LogP contribution in [0.15, 0.2) is 97.1 Å². The molecule has 4 rings (SSSR count). The molecule has 1 nitrogen and oxygen atoms in total. The Morgan fingerprint density at radius 3 is 1.65 bits per heavy atom. The number of nitrogens with two attached hydrogens (primary N) is 1. The molecule has 0 aromatic heterocycles. The van der Waals surface area contributed by atoms with Crippen LogP contribution in [0, 0.1) is 6.92 Å². The van der Waals surface area contributed by atoms with Gasteiger partial charge in [0.05, 0.1) is 0 Å². The highest BCUT2D eigenvalue weighted by atomic mass is 14.7. The number of allylic oxidation sites excluding steroid dienone is 1. The molecule has 0 saturated carbocycles. The van der Waals surface area contributed by atoms with Crippen molar-refractivity contribution in [3.63, 3.8) is 0 Å². The zero-order valence-corrected chi connectivity index (χ0v) is 15.1. The maximum absolute atomic E-state index is 6.90. The molecule has 0 unspecified atom stereocenters. The van der Waals surface area contributed by atoms with E-state index in [1.165, 1.54) is 22.3 Å². The summed E-state index contributed by atoms with van der Waals surface area (Å²) in [7, 11) is 0. The van der Waals surface area contributed by atoms with Crippen LogP contribution in [0.5, 0.6) is 0 Å². The van der Waals surface area contributed by atoms with E-state index >= 15 is 0 Å². The van der Waals surface area contributed by atoms with Gasteiger partial charge in [0.25, 0.3) is 0 Å². The summed E-state index contributed by atoms with van der Waals surface area (Å²) in [6, 6.07) is 30.3. The van der Waals surface area contributed by atoms with Gasteiger partial charge in [-0.2, -0.15) is 0 Å². The van der Waals surface area contributed by atoms with Crippen molar-refractivity contribution in [2.24, 2.45) is 5.73 Å². The van der Waals surface area contributed by atoms with Crippen molar-refractivity contribution in [1.82, 2.24) is 0 Å². The minimum absolute atomic E-state index is 0.0373. The second kappa shape index (κ2) is 7.31. The first-order valence-electron chi connectivity index (χ1n) is 9.34. The van der Waals surface area contributed by atoms with E-state index in [2.05, 4.69) is 104 Å². The number of aryl methyl sites for hydroxylation is 1. The van der Waals surface area contributed by atoms with E-state index in [0.717, 1.165) is 0 Å². The SMILES string of the molecule is Cc1ccc([C@@H]2[C@@H](N)[C@H](c3ccccc3)C=C[C@@H]2c2ccccc2)cc1. The third-order valence-electron chi connectivity index (χ3n) is 5.57. The molecule has 2 N–H and O–H groups in total. The number of hydrogen-bond acceptors (Lipinski definition) is 1. The highest BCUT2D eigenvalue weighted by Gasteiger charge is 2.36. The summed E-state index contributed by atoms with van der Waals surface area (Å²) in [6.45, 7) is 2.13. The molecule has 1 heteroatoms. The van der Waals surface area contributed by atoms with Crippen molar-refractivity contribution in [3.05, 3.63) is 119 Å². The lowest BCUT2D eigenvalue weighted by Crippen LogP contribution is -2.39. The lowest BCUT2D eigenvalue weighted by molar-refractivity contribution is 0.439. The lowest BCUT2D eigenvalue weighted by Gasteiger charge is -2.38. The molecule has 0 spiro atoms. The van der Waals surface area contributed by atoms with E-state index in [1.54, 1.807) is 0 Å². The van der Waals surface area contributed by atoms with E-state index in [0.29, 0.717) is 5.92 Å².